The van der Waals surface area contributed by atoms with Gasteiger partial charge >= 0.3 is 0 Å². The van der Waals surface area contributed by atoms with Gasteiger partial charge in [-0.2, -0.15) is 0 Å². The predicted octanol–water partition coefficient (Wildman–Crippen LogP) is 18.5. The Labute approximate surface area is 408 Å². The van der Waals surface area contributed by atoms with Gasteiger partial charge in [-0.3, -0.25) is 0 Å². The molecule has 2 aliphatic rings. The molecule has 0 aromatic heterocycles. The number of nitrogens with zero attached hydrogens (tertiary/aromatic N) is 1. The maximum Gasteiger partial charge on any atom is 0.0725 e. The lowest BCUT2D eigenvalue weighted by molar-refractivity contribution is 0.794. The van der Waals surface area contributed by atoms with Gasteiger partial charge in [0.05, 0.1) is 5.41 Å². The van der Waals surface area contributed by atoms with E-state index in [1.165, 1.54) is 111 Å². The second-order valence-corrected chi connectivity index (χ2v) is 18.7. The molecule has 1 spiro atoms. The maximum atomic E-state index is 2.43. The van der Waals surface area contributed by atoms with E-state index in [1.807, 2.05) is 0 Å². The van der Waals surface area contributed by atoms with Crippen molar-refractivity contribution in [3.63, 3.8) is 0 Å². The van der Waals surface area contributed by atoms with Crippen molar-refractivity contribution in [1.29, 1.82) is 0 Å². The van der Waals surface area contributed by atoms with Crippen molar-refractivity contribution in [3.05, 3.63) is 295 Å². The number of fused-ring (bicyclic) bond motifs is 13. The van der Waals surface area contributed by atoms with E-state index >= 15 is 0 Å². The molecule has 12 aromatic rings. The largest absolute Gasteiger partial charge is 0.310 e. The number of hydrogen-bond acceptors (Lipinski definition) is 1. The molecule has 0 amide bonds. The molecule has 12 aromatic carbocycles. The summed E-state index contributed by atoms with van der Waals surface area (Å²) in [5.41, 5.74) is 23.2. The zero-order valence-electron chi connectivity index (χ0n) is 38.4. The van der Waals surface area contributed by atoms with Crippen molar-refractivity contribution < 1.29 is 0 Å². The molecule has 326 valence electrons. The molecule has 70 heavy (non-hydrogen) atoms. The van der Waals surface area contributed by atoms with Crippen molar-refractivity contribution in [2.45, 2.75) is 5.41 Å². The second-order valence-electron chi connectivity index (χ2n) is 18.7. The van der Waals surface area contributed by atoms with Gasteiger partial charge < -0.3 is 4.90 Å². The van der Waals surface area contributed by atoms with Gasteiger partial charge in [-0.15, -0.1) is 0 Å². The van der Waals surface area contributed by atoms with E-state index in [0.29, 0.717) is 0 Å². The molecule has 0 saturated carbocycles. The zero-order chi connectivity index (χ0) is 46.2. The van der Waals surface area contributed by atoms with Crippen molar-refractivity contribution >= 4 is 38.6 Å². The molecule has 0 aliphatic heterocycles. The predicted molar refractivity (Wildman–Crippen MR) is 294 cm³/mol. The summed E-state index contributed by atoms with van der Waals surface area (Å²) in [6.07, 6.45) is 0. The average Bonchev–Trinajstić information content (AvgIpc) is 3.91. The maximum absolute atomic E-state index is 2.43. The molecule has 2 aliphatic carbocycles. The summed E-state index contributed by atoms with van der Waals surface area (Å²) >= 11 is 0. The summed E-state index contributed by atoms with van der Waals surface area (Å²) in [7, 11) is 0. The lowest BCUT2D eigenvalue weighted by Crippen LogP contribution is -2.25. The Morgan fingerprint density at radius 3 is 1.46 bits per heavy atom. The van der Waals surface area contributed by atoms with E-state index in [4.69, 9.17) is 0 Å². The molecule has 0 radical (unpaired) electrons. The fourth-order valence-corrected chi connectivity index (χ4v) is 12.1. The summed E-state index contributed by atoms with van der Waals surface area (Å²) in [4.78, 5) is 2.39. The third kappa shape index (κ3) is 6.05. The SMILES string of the molecule is c1ccc(-c2ccc(-c3ccc(N(c4ccccc4)c4ccc5c(-c6ccccc6)cc6ccccc6c5c4)cc3)c(-c3cccc4c3-c3ccccc3C43c4ccccc4-c4ccccc43)c2)cc1. The van der Waals surface area contributed by atoms with Gasteiger partial charge in [-0.25, -0.2) is 0 Å². The number of anilines is 3. The van der Waals surface area contributed by atoms with Crippen LogP contribution < -0.4 is 4.90 Å². The molecule has 0 atom stereocenters. The molecule has 0 bridgehead atoms. The van der Waals surface area contributed by atoms with Crippen molar-refractivity contribution in [3.8, 4) is 66.8 Å². The zero-order valence-corrected chi connectivity index (χ0v) is 38.4. The summed E-state index contributed by atoms with van der Waals surface area (Å²) in [6, 6.07) is 101. The van der Waals surface area contributed by atoms with Crippen LogP contribution in [0.3, 0.4) is 0 Å². The minimum absolute atomic E-state index is 0.424. The smallest absolute Gasteiger partial charge is 0.0725 e. The van der Waals surface area contributed by atoms with E-state index < -0.39 is 5.41 Å². The highest BCUT2D eigenvalue weighted by Crippen LogP contribution is 2.64. The Bertz CT molecular complexity index is 3940. The van der Waals surface area contributed by atoms with E-state index in [-0.39, 0.29) is 0 Å². The van der Waals surface area contributed by atoms with Crippen LogP contribution in [0.25, 0.3) is 88.3 Å². The van der Waals surface area contributed by atoms with Crippen molar-refractivity contribution in [2.75, 3.05) is 4.90 Å². The standard InChI is InChI=1S/C69H45N/c1-4-19-46(20-5-1)49-37-41-55(62(43-49)59-30-18-34-67-68(59)60-29-14-17-33-66(60)69(67)64-31-15-12-27-57(64)58-28-13-16-32-65(58)69)48-35-38-52(39-36-48)70(51-24-8-3-9-25-51)53-40-42-56-61(47-21-6-2-7-22-47)44-50-23-10-11-26-54(50)63(56)45-53/h1-45H. The van der Waals surface area contributed by atoms with Gasteiger partial charge in [-0.1, -0.05) is 224 Å². The lowest BCUT2D eigenvalue weighted by atomic mass is 9.70. The van der Waals surface area contributed by atoms with Crippen LogP contribution in [-0.2, 0) is 5.41 Å². The normalized spacial score (nSPS) is 12.7. The average molecular weight is 888 g/mol. The van der Waals surface area contributed by atoms with Gasteiger partial charge in [0.1, 0.15) is 0 Å². The van der Waals surface area contributed by atoms with Gasteiger partial charge in [0, 0.05) is 17.1 Å². The van der Waals surface area contributed by atoms with E-state index in [0.717, 1.165) is 17.1 Å². The first-order chi connectivity index (χ1) is 34.7. The fourth-order valence-electron chi connectivity index (χ4n) is 12.1. The Balaban J connectivity index is 0.947. The minimum Gasteiger partial charge on any atom is -0.310 e. The van der Waals surface area contributed by atoms with Gasteiger partial charge in [-0.05, 0) is 159 Å². The highest BCUT2D eigenvalue weighted by Gasteiger charge is 2.52. The third-order valence-corrected chi connectivity index (χ3v) is 15.1. The van der Waals surface area contributed by atoms with E-state index in [2.05, 4.69) is 278 Å². The lowest BCUT2D eigenvalue weighted by Gasteiger charge is -2.30. The Hall–Kier alpha value is -9.04. The van der Waals surface area contributed by atoms with Crippen LogP contribution in [0, 0.1) is 0 Å². The Kier molecular flexibility index (Phi) is 9.19. The highest BCUT2D eigenvalue weighted by molar-refractivity contribution is 6.15. The van der Waals surface area contributed by atoms with Crippen LogP contribution in [0.2, 0.25) is 0 Å². The monoisotopic (exact) mass is 887 g/mol. The molecule has 0 heterocycles. The fraction of sp³-hybridized carbons (Fsp3) is 0.0145. The molecule has 0 saturated heterocycles. The number of para-hydroxylation sites is 1. The molecular formula is C69H45N. The van der Waals surface area contributed by atoms with Gasteiger partial charge in [0.15, 0.2) is 0 Å². The first kappa shape index (κ1) is 40.1. The molecule has 0 fully saturated rings. The van der Waals surface area contributed by atoms with Crippen LogP contribution in [0.4, 0.5) is 17.1 Å². The molecule has 1 nitrogen and oxygen atoms in total. The van der Waals surface area contributed by atoms with E-state index in [9.17, 15) is 0 Å². The van der Waals surface area contributed by atoms with Crippen LogP contribution in [0.15, 0.2) is 273 Å². The highest BCUT2D eigenvalue weighted by atomic mass is 15.1. The molecule has 1 heteroatoms. The van der Waals surface area contributed by atoms with Gasteiger partial charge in [0.25, 0.3) is 0 Å². The molecule has 14 rings (SSSR count). The number of rotatable bonds is 7. The molecule has 0 unspecified atom stereocenters. The van der Waals surface area contributed by atoms with Crippen LogP contribution >= 0.6 is 0 Å². The van der Waals surface area contributed by atoms with E-state index in [1.54, 1.807) is 0 Å². The summed E-state index contributed by atoms with van der Waals surface area (Å²) in [6.45, 7) is 0. The quantitative estimate of drug-likeness (QED) is 0.144. The summed E-state index contributed by atoms with van der Waals surface area (Å²) < 4.78 is 0. The number of benzene rings is 12. The molecule has 0 N–H and O–H groups in total. The van der Waals surface area contributed by atoms with Crippen molar-refractivity contribution in [1.82, 2.24) is 0 Å². The van der Waals surface area contributed by atoms with Crippen LogP contribution in [0.1, 0.15) is 22.3 Å². The van der Waals surface area contributed by atoms with Crippen LogP contribution in [-0.4, -0.2) is 0 Å². The minimum atomic E-state index is -0.424. The first-order valence-electron chi connectivity index (χ1n) is 24.3. The van der Waals surface area contributed by atoms with Crippen LogP contribution in [0.5, 0.6) is 0 Å². The first-order valence-corrected chi connectivity index (χ1v) is 24.3. The Morgan fingerprint density at radius 1 is 0.229 bits per heavy atom. The summed E-state index contributed by atoms with van der Waals surface area (Å²) in [5.74, 6) is 0. The number of hydrogen-bond donors (Lipinski definition) is 0. The van der Waals surface area contributed by atoms with Crippen molar-refractivity contribution in [2.24, 2.45) is 0 Å². The third-order valence-electron chi connectivity index (χ3n) is 15.1. The molecular weight excluding hydrogens is 843 g/mol. The Morgan fingerprint density at radius 2 is 0.743 bits per heavy atom. The van der Waals surface area contributed by atoms with Gasteiger partial charge in [0.2, 0.25) is 0 Å². The second kappa shape index (κ2) is 16.0. The summed E-state index contributed by atoms with van der Waals surface area (Å²) in [5, 5.41) is 4.96. The topological polar surface area (TPSA) is 3.24 Å².